The normalized spacial score (nSPS) is 10.8. The molecule has 0 bridgehead atoms. The van der Waals surface area contributed by atoms with Gasteiger partial charge in [0, 0.05) is 34.1 Å². The third-order valence-electron chi connectivity index (χ3n) is 4.72. The maximum atomic E-state index is 12.5. The molecule has 2 aromatic heterocycles. The monoisotopic (exact) mass is 545 g/mol. The van der Waals surface area contributed by atoms with Gasteiger partial charge in [0.2, 0.25) is 5.91 Å². The number of carbonyl (C=O) groups excluding carboxylic acids is 1. The third kappa shape index (κ3) is 7.08. The second kappa shape index (κ2) is 12.2. The van der Waals surface area contributed by atoms with Crippen molar-refractivity contribution in [2.24, 2.45) is 0 Å². The van der Waals surface area contributed by atoms with Gasteiger partial charge in [-0.3, -0.25) is 9.36 Å². The summed E-state index contributed by atoms with van der Waals surface area (Å²) in [5.74, 6) is 1.37. The Kier molecular flexibility index (Phi) is 8.81. The highest BCUT2D eigenvalue weighted by Gasteiger charge is 2.15. The Hall–Kier alpha value is -2.85. The zero-order valence-corrected chi connectivity index (χ0v) is 21.6. The van der Waals surface area contributed by atoms with Gasteiger partial charge in [-0.25, -0.2) is 4.98 Å². The molecule has 7 nitrogen and oxygen atoms in total. The van der Waals surface area contributed by atoms with E-state index in [4.69, 9.17) is 27.9 Å². The molecule has 0 aliphatic heterocycles. The number of rotatable bonds is 11. The number of nitrogens with zero attached hydrogens (tertiary/aromatic N) is 4. The molecule has 0 saturated heterocycles. The molecule has 35 heavy (non-hydrogen) atoms. The fourth-order valence-electron chi connectivity index (χ4n) is 3.11. The van der Waals surface area contributed by atoms with E-state index in [1.165, 1.54) is 23.1 Å². The number of ether oxygens (including phenoxy) is 1. The number of amides is 1. The summed E-state index contributed by atoms with van der Waals surface area (Å²) in [6.07, 6.45) is 4.06. The summed E-state index contributed by atoms with van der Waals surface area (Å²) in [4.78, 5) is 17.8. The molecule has 2 aromatic carbocycles. The molecule has 0 saturated carbocycles. The van der Waals surface area contributed by atoms with Crippen molar-refractivity contribution in [1.82, 2.24) is 19.7 Å². The number of aromatic nitrogens is 4. The fourth-order valence-corrected chi connectivity index (χ4v) is 5.11. The predicted octanol–water partition coefficient (Wildman–Crippen LogP) is 6.13. The summed E-state index contributed by atoms with van der Waals surface area (Å²) >= 11 is 15.0. The molecule has 2 heterocycles. The van der Waals surface area contributed by atoms with Crippen LogP contribution in [-0.2, 0) is 24.4 Å². The van der Waals surface area contributed by atoms with E-state index in [9.17, 15) is 4.79 Å². The van der Waals surface area contributed by atoms with Crippen LogP contribution in [-0.4, -0.2) is 31.4 Å². The standard InChI is InChI=1S/C24H21Cl2N5O2S2/c1-2-10-31-21(14-33-18-6-4-3-5-7-18)29-30-24(31)34-15-22(32)28-23-27-13-19(35-23)12-16-11-17(25)8-9-20(16)26/h2-9,11,13H,1,10,12,14-15H2,(H,27,28,32). The van der Waals surface area contributed by atoms with Crippen molar-refractivity contribution in [2.45, 2.75) is 24.7 Å². The highest BCUT2D eigenvalue weighted by atomic mass is 35.5. The number of para-hydroxylation sites is 1. The van der Waals surface area contributed by atoms with Gasteiger partial charge >= 0.3 is 0 Å². The number of hydrogen-bond donors (Lipinski definition) is 1. The van der Waals surface area contributed by atoms with Gasteiger partial charge in [-0.2, -0.15) is 0 Å². The first kappa shape index (κ1) is 25.2. The summed E-state index contributed by atoms with van der Waals surface area (Å²) < 4.78 is 7.67. The topological polar surface area (TPSA) is 81.9 Å². The lowest BCUT2D eigenvalue weighted by molar-refractivity contribution is -0.113. The van der Waals surface area contributed by atoms with Crippen LogP contribution in [0.15, 0.2) is 72.5 Å². The molecule has 0 unspecified atom stereocenters. The Morgan fingerprint density at radius 3 is 2.83 bits per heavy atom. The number of thiazole rings is 1. The van der Waals surface area contributed by atoms with Gasteiger partial charge < -0.3 is 10.1 Å². The van der Waals surface area contributed by atoms with E-state index in [2.05, 4.69) is 27.1 Å². The van der Waals surface area contributed by atoms with E-state index in [-0.39, 0.29) is 18.3 Å². The number of nitrogens with one attached hydrogen (secondary N) is 1. The van der Waals surface area contributed by atoms with E-state index in [0.29, 0.717) is 39.1 Å². The number of halogens is 2. The maximum absolute atomic E-state index is 12.5. The van der Waals surface area contributed by atoms with Crippen molar-refractivity contribution in [3.8, 4) is 5.75 Å². The van der Waals surface area contributed by atoms with Gasteiger partial charge in [-0.1, -0.05) is 59.2 Å². The summed E-state index contributed by atoms with van der Waals surface area (Å²) in [6.45, 7) is 4.57. The van der Waals surface area contributed by atoms with Crippen molar-refractivity contribution in [3.05, 3.63) is 93.7 Å². The van der Waals surface area contributed by atoms with Crippen LogP contribution in [0.3, 0.4) is 0 Å². The molecule has 0 atom stereocenters. The van der Waals surface area contributed by atoms with E-state index in [1.807, 2.05) is 41.0 Å². The van der Waals surface area contributed by atoms with Crippen LogP contribution in [0.2, 0.25) is 10.0 Å². The first-order chi connectivity index (χ1) is 17.0. The largest absolute Gasteiger partial charge is 0.486 e. The Morgan fingerprint density at radius 2 is 2.03 bits per heavy atom. The van der Waals surface area contributed by atoms with E-state index in [1.54, 1.807) is 24.4 Å². The molecule has 0 aliphatic carbocycles. The van der Waals surface area contributed by atoms with Gasteiger partial charge in [-0.15, -0.1) is 28.1 Å². The summed E-state index contributed by atoms with van der Waals surface area (Å²) in [6, 6.07) is 14.8. The second-order valence-electron chi connectivity index (χ2n) is 7.28. The van der Waals surface area contributed by atoms with Gasteiger partial charge in [0.1, 0.15) is 12.4 Å². The lowest BCUT2D eigenvalue weighted by Gasteiger charge is -2.09. The average molecular weight is 547 g/mol. The van der Waals surface area contributed by atoms with Crippen LogP contribution in [0.25, 0.3) is 0 Å². The van der Waals surface area contributed by atoms with Crippen LogP contribution in [0.1, 0.15) is 16.3 Å². The summed E-state index contributed by atoms with van der Waals surface area (Å²) in [5.41, 5.74) is 0.907. The smallest absolute Gasteiger partial charge is 0.236 e. The van der Waals surface area contributed by atoms with Crippen LogP contribution >= 0.6 is 46.3 Å². The van der Waals surface area contributed by atoms with Crippen molar-refractivity contribution in [3.63, 3.8) is 0 Å². The van der Waals surface area contributed by atoms with E-state index >= 15 is 0 Å². The lowest BCUT2D eigenvalue weighted by Crippen LogP contribution is -2.14. The van der Waals surface area contributed by atoms with Crippen LogP contribution in [0.5, 0.6) is 5.75 Å². The Balaban J connectivity index is 1.32. The van der Waals surface area contributed by atoms with Crippen LogP contribution < -0.4 is 10.1 Å². The number of benzene rings is 2. The molecule has 0 fully saturated rings. The molecule has 1 amide bonds. The molecular formula is C24H21Cl2N5O2S2. The zero-order valence-electron chi connectivity index (χ0n) is 18.5. The van der Waals surface area contributed by atoms with Crippen molar-refractivity contribution >= 4 is 57.3 Å². The molecule has 4 aromatic rings. The minimum absolute atomic E-state index is 0.157. The maximum Gasteiger partial charge on any atom is 0.236 e. The fraction of sp³-hybridized carbons (Fsp3) is 0.167. The van der Waals surface area contributed by atoms with Gasteiger partial charge in [0.15, 0.2) is 16.1 Å². The Morgan fingerprint density at radius 1 is 1.20 bits per heavy atom. The molecule has 180 valence electrons. The number of allylic oxidation sites excluding steroid dienone is 1. The van der Waals surface area contributed by atoms with Gasteiger partial charge in [-0.05, 0) is 35.9 Å². The van der Waals surface area contributed by atoms with Crippen molar-refractivity contribution in [1.29, 1.82) is 0 Å². The minimum atomic E-state index is -0.188. The van der Waals surface area contributed by atoms with Crippen LogP contribution in [0, 0.1) is 0 Å². The molecule has 1 N–H and O–H groups in total. The number of hydrogen-bond acceptors (Lipinski definition) is 7. The van der Waals surface area contributed by atoms with E-state index < -0.39 is 0 Å². The summed E-state index contributed by atoms with van der Waals surface area (Å²) in [7, 11) is 0. The van der Waals surface area contributed by atoms with Gasteiger partial charge in [0.05, 0.1) is 5.75 Å². The molecule has 4 rings (SSSR count). The molecule has 0 radical (unpaired) electrons. The Labute approximate surface area is 221 Å². The minimum Gasteiger partial charge on any atom is -0.486 e. The highest BCUT2D eigenvalue weighted by Crippen LogP contribution is 2.27. The number of carbonyl (C=O) groups is 1. The van der Waals surface area contributed by atoms with Crippen molar-refractivity contribution in [2.75, 3.05) is 11.1 Å². The predicted molar refractivity (Wildman–Crippen MR) is 142 cm³/mol. The SMILES string of the molecule is C=CCn1c(COc2ccccc2)nnc1SCC(=O)Nc1ncc(Cc2cc(Cl)ccc2Cl)s1. The zero-order chi connectivity index (χ0) is 24.6. The molecule has 0 aliphatic rings. The quantitative estimate of drug-likeness (QED) is 0.180. The molecule has 11 heteroatoms. The Bertz CT molecular complexity index is 1310. The highest BCUT2D eigenvalue weighted by molar-refractivity contribution is 7.99. The molecule has 0 spiro atoms. The second-order valence-corrected chi connectivity index (χ2v) is 10.2. The third-order valence-corrected chi connectivity index (χ3v) is 7.20. The van der Waals surface area contributed by atoms with Crippen molar-refractivity contribution < 1.29 is 9.53 Å². The summed E-state index contributed by atoms with van der Waals surface area (Å²) in [5, 5.41) is 13.7. The first-order valence-electron chi connectivity index (χ1n) is 10.5. The average Bonchev–Trinajstić information content (AvgIpc) is 3.46. The number of thioether (sulfide) groups is 1. The molecular weight excluding hydrogens is 525 g/mol. The lowest BCUT2D eigenvalue weighted by atomic mass is 10.1. The first-order valence-corrected chi connectivity index (χ1v) is 13.1. The number of anilines is 1. The van der Waals surface area contributed by atoms with E-state index in [0.717, 1.165) is 16.2 Å². The van der Waals surface area contributed by atoms with Crippen LogP contribution in [0.4, 0.5) is 5.13 Å². The van der Waals surface area contributed by atoms with Gasteiger partial charge in [0.25, 0.3) is 0 Å².